The van der Waals surface area contributed by atoms with Crippen LogP contribution in [0, 0.1) is 10.8 Å². The molecule has 0 aliphatic carbocycles. The van der Waals surface area contributed by atoms with E-state index in [2.05, 4.69) is 26.8 Å². The molecule has 0 aliphatic rings. The van der Waals surface area contributed by atoms with E-state index in [1.54, 1.807) is 0 Å². The maximum absolute atomic E-state index is 11.8. The molecule has 0 bridgehead atoms. The monoisotopic (exact) mass is 262 g/mol. The van der Waals surface area contributed by atoms with E-state index in [0.29, 0.717) is 6.61 Å². The Labute approximate surface area is 117 Å². The van der Waals surface area contributed by atoms with Gasteiger partial charge in [-0.05, 0) is 43.7 Å². The molecule has 0 amide bonds. The van der Waals surface area contributed by atoms with E-state index in [4.69, 9.17) is 4.74 Å². The fourth-order valence-electron chi connectivity index (χ4n) is 1.80. The molecule has 0 radical (unpaired) electrons. The van der Waals surface area contributed by atoms with Crippen LogP contribution in [0.15, 0.2) is 24.3 Å². The molecule has 1 rings (SSSR count). The number of carbonyl (C=O) groups excluding carboxylic acids is 1. The van der Waals surface area contributed by atoms with Crippen LogP contribution < -0.4 is 0 Å². The predicted molar refractivity (Wildman–Crippen MR) is 78.9 cm³/mol. The van der Waals surface area contributed by atoms with E-state index in [0.717, 1.165) is 12.0 Å². The number of carbonyl (C=O) groups is 1. The van der Waals surface area contributed by atoms with Crippen LogP contribution in [0.2, 0.25) is 0 Å². The van der Waals surface area contributed by atoms with Crippen LogP contribution in [-0.2, 0) is 22.6 Å². The molecule has 0 unspecified atom stereocenters. The molecular weight excluding hydrogens is 236 g/mol. The zero-order valence-electron chi connectivity index (χ0n) is 13.0. The molecule has 0 fully saturated rings. The van der Waals surface area contributed by atoms with Gasteiger partial charge in [-0.15, -0.1) is 0 Å². The third-order valence-corrected chi connectivity index (χ3v) is 2.81. The summed E-state index contributed by atoms with van der Waals surface area (Å²) in [6, 6.07) is 8.19. The Bertz CT molecular complexity index is 433. The van der Waals surface area contributed by atoms with Crippen molar-refractivity contribution in [2.75, 3.05) is 0 Å². The Hall–Kier alpha value is -1.31. The molecular formula is C17H26O2. The fourth-order valence-corrected chi connectivity index (χ4v) is 1.80. The minimum Gasteiger partial charge on any atom is -0.460 e. The summed E-state index contributed by atoms with van der Waals surface area (Å²) in [6.07, 6.45) is 0.982. The highest BCUT2D eigenvalue weighted by Gasteiger charge is 2.23. The van der Waals surface area contributed by atoms with Crippen LogP contribution in [0.5, 0.6) is 0 Å². The molecule has 0 heterocycles. The first-order valence-corrected chi connectivity index (χ1v) is 6.83. The lowest BCUT2D eigenvalue weighted by atomic mass is 9.86. The van der Waals surface area contributed by atoms with Crippen LogP contribution in [0.3, 0.4) is 0 Å². The molecule has 1 aromatic carbocycles. The van der Waals surface area contributed by atoms with Gasteiger partial charge >= 0.3 is 5.97 Å². The van der Waals surface area contributed by atoms with Gasteiger partial charge in [0.05, 0.1) is 5.41 Å². The third kappa shape index (κ3) is 5.46. The highest BCUT2D eigenvalue weighted by molar-refractivity contribution is 5.75. The van der Waals surface area contributed by atoms with Crippen molar-refractivity contribution in [2.24, 2.45) is 10.8 Å². The summed E-state index contributed by atoms with van der Waals surface area (Å²) < 4.78 is 5.41. The minimum absolute atomic E-state index is 0.155. The molecule has 106 valence electrons. The van der Waals surface area contributed by atoms with E-state index in [1.165, 1.54) is 5.56 Å². The molecule has 0 spiro atoms. The normalized spacial score (nSPS) is 12.3. The van der Waals surface area contributed by atoms with Crippen molar-refractivity contribution in [2.45, 2.75) is 54.6 Å². The third-order valence-electron chi connectivity index (χ3n) is 2.81. The SMILES string of the molecule is CC(C)(C)Cc1ccccc1COC(=O)C(C)(C)C. The van der Waals surface area contributed by atoms with Crippen molar-refractivity contribution in [3.8, 4) is 0 Å². The standard InChI is InChI=1S/C17H26O2/c1-16(2,3)11-13-9-7-8-10-14(13)12-19-15(18)17(4,5)6/h7-10H,11-12H2,1-6H3. The summed E-state index contributed by atoms with van der Waals surface area (Å²) >= 11 is 0. The van der Waals surface area contributed by atoms with Crippen molar-refractivity contribution in [3.05, 3.63) is 35.4 Å². The van der Waals surface area contributed by atoms with Crippen molar-refractivity contribution in [1.82, 2.24) is 0 Å². The van der Waals surface area contributed by atoms with Gasteiger partial charge in [-0.3, -0.25) is 4.79 Å². The second kappa shape index (κ2) is 5.77. The average molecular weight is 262 g/mol. The molecule has 0 atom stereocenters. The Morgan fingerprint density at radius 1 is 1.00 bits per heavy atom. The fraction of sp³-hybridized carbons (Fsp3) is 0.588. The van der Waals surface area contributed by atoms with Gasteiger partial charge in [0.1, 0.15) is 6.61 Å². The molecule has 0 saturated carbocycles. The predicted octanol–water partition coefficient (Wildman–Crippen LogP) is 4.36. The van der Waals surface area contributed by atoms with Crippen molar-refractivity contribution >= 4 is 5.97 Å². The number of rotatable bonds is 3. The van der Waals surface area contributed by atoms with Crippen molar-refractivity contribution in [3.63, 3.8) is 0 Å². The molecule has 0 aromatic heterocycles. The molecule has 0 saturated heterocycles. The topological polar surface area (TPSA) is 26.3 Å². The maximum Gasteiger partial charge on any atom is 0.311 e. The molecule has 0 N–H and O–H groups in total. The van der Waals surface area contributed by atoms with Crippen LogP contribution in [-0.4, -0.2) is 5.97 Å². The first kappa shape index (κ1) is 15.7. The summed E-state index contributed by atoms with van der Waals surface area (Å²) in [5.41, 5.74) is 2.15. The number of hydrogen-bond acceptors (Lipinski definition) is 2. The lowest BCUT2D eigenvalue weighted by Gasteiger charge is -2.21. The van der Waals surface area contributed by atoms with Gasteiger partial charge < -0.3 is 4.74 Å². The largest absolute Gasteiger partial charge is 0.460 e. The van der Waals surface area contributed by atoms with E-state index in [9.17, 15) is 4.79 Å². The van der Waals surface area contributed by atoms with Crippen LogP contribution >= 0.6 is 0 Å². The average Bonchev–Trinajstić information content (AvgIpc) is 2.24. The van der Waals surface area contributed by atoms with Gasteiger partial charge in [-0.2, -0.15) is 0 Å². The van der Waals surface area contributed by atoms with Crippen molar-refractivity contribution < 1.29 is 9.53 Å². The maximum atomic E-state index is 11.8. The number of ether oxygens (including phenoxy) is 1. The van der Waals surface area contributed by atoms with Gasteiger partial charge in [-0.25, -0.2) is 0 Å². The zero-order valence-corrected chi connectivity index (χ0v) is 13.0. The van der Waals surface area contributed by atoms with E-state index in [-0.39, 0.29) is 11.4 Å². The molecule has 0 aliphatic heterocycles. The number of esters is 1. The highest BCUT2D eigenvalue weighted by atomic mass is 16.5. The summed E-state index contributed by atoms with van der Waals surface area (Å²) in [6.45, 7) is 12.6. The molecule has 2 heteroatoms. The second-order valence-corrected chi connectivity index (χ2v) is 7.33. The smallest absolute Gasteiger partial charge is 0.311 e. The lowest BCUT2D eigenvalue weighted by molar-refractivity contribution is -0.154. The molecule has 1 aromatic rings. The van der Waals surface area contributed by atoms with Gasteiger partial charge in [0.15, 0.2) is 0 Å². The van der Waals surface area contributed by atoms with Crippen LogP contribution in [0.1, 0.15) is 52.7 Å². The lowest BCUT2D eigenvalue weighted by Crippen LogP contribution is -2.23. The summed E-state index contributed by atoms with van der Waals surface area (Å²) in [5, 5.41) is 0. The number of benzene rings is 1. The Morgan fingerprint density at radius 2 is 1.53 bits per heavy atom. The minimum atomic E-state index is -0.445. The van der Waals surface area contributed by atoms with Gasteiger partial charge in [0, 0.05) is 0 Å². The van der Waals surface area contributed by atoms with E-state index in [1.807, 2.05) is 39.0 Å². The van der Waals surface area contributed by atoms with E-state index < -0.39 is 5.41 Å². The summed E-state index contributed by atoms with van der Waals surface area (Å²) in [4.78, 5) is 11.8. The Kier molecular flexibility index (Phi) is 4.78. The quantitative estimate of drug-likeness (QED) is 0.756. The zero-order chi connectivity index (χ0) is 14.7. The molecule has 2 nitrogen and oxygen atoms in total. The van der Waals surface area contributed by atoms with Crippen LogP contribution in [0.25, 0.3) is 0 Å². The van der Waals surface area contributed by atoms with Gasteiger partial charge in [0.2, 0.25) is 0 Å². The second-order valence-electron chi connectivity index (χ2n) is 7.33. The number of hydrogen-bond donors (Lipinski definition) is 0. The van der Waals surface area contributed by atoms with Crippen molar-refractivity contribution in [1.29, 1.82) is 0 Å². The van der Waals surface area contributed by atoms with Gasteiger partial charge in [0.25, 0.3) is 0 Å². The van der Waals surface area contributed by atoms with Crippen LogP contribution in [0.4, 0.5) is 0 Å². The Morgan fingerprint density at radius 3 is 2.00 bits per heavy atom. The molecule has 19 heavy (non-hydrogen) atoms. The summed E-state index contributed by atoms with van der Waals surface area (Å²) in [7, 11) is 0. The van der Waals surface area contributed by atoms with E-state index >= 15 is 0 Å². The summed E-state index contributed by atoms with van der Waals surface area (Å²) in [5.74, 6) is -0.155. The first-order valence-electron chi connectivity index (χ1n) is 6.83. The highest BCUT2D eigenvalue weighted by Crippen LogP contribution is 2.24. The first-order chi connectivity index (χ1) is 8.59. The van der Waals surface area contributed by atoms with Gasteiger partial charge in [-0.1, -0.05) is 45.0 Å². The Balaban J connectivity index is 2.77.